The van der Waals surface area contributed by atoms with Gasteiger partial charge >= 0.3 is 0 Å². The third-order valence-corrected chi connectivity index (χ3v) is 5.04. The Morgan fingerprint density at radius 3 is 2.47 bits per heavy atom. The summed E-state index contributed by atoms with van der Waals surface area (Å²) in [6, 6.07) is 10.7. The number of nitrogens with one attached hydrogen (secondary N) is 1. The van der Waals surface area contributed by atoms with Crippen LogP contribution in [0.4, 0.5) is 0 Å². The molecule has 0 amide bonds. The number of nitrogens with zero attached hydrogens (tertiary/aromatic N) is 1. The van der Waals surface area contributed by atoms with Crippen LogP contribution in [0.2, 0.25) is 0 Å². The maximum absolute atomic E-state index is 3.56. The van der Waals surface area contributed by atoms with E-state index in [1.165, 1.54) is 36.6 Å². The molecule has 94 valence electrons. The van der Waals surface area contributed by atoms with Gasteiger partial charge in [-0.05, 0) is 52.2 Å². The quantitative estimate of drug-likeness (QED) is 0.827. The number of hydrogen-bond donors (Lipinski definition) is 1. The Labute approximate surface area is 109 Å². The van der Waals surface area contributed by atoms with E-state index in [1.54, 1.807) is 0 Å². The molecule has 2 rings (SSSR count). The van der Waals surface area contributed by atoms with Crippen molar-refractivity contribution in [3.8, 4) is 0 Å². The zero-order chi connectivity index (χ0) is 12.1. The van der Waals surface area contributed by atoms with E-state index in [1.807, 2.05) is 11.8 Å². The Balaban J connectivity index is 1.91. The lowest BCUT2D eigenvalue weighted by Crippen LogP contribution is -2.53. The molecule has 0 radical (unpaired) electrons. The smallest absolute Gasteiger partial charge is 0.0296 e. The van der Waals surface area contributed by atoms with Gasteiger partial charge in [-0.25, -0.2) is 0 Å². The summed E-state index contributed by atoms with van der Waals surface area (Å²) in [6.45, 7) is 2.41. The van der Waals surface area contributed by atoms with Crippen LogP contribution in [0.1, 0.15) is 12.8 Å². The van der Waals surface area contributed by atoms with E-state index in [0.717, 1.165) is 0 Å². The molecule has 1 aliphatic heterocycles. The molecule has 17 heavy (non-hydrogen) atoms. The standard InChI is InChI=1S/C14H22N2S/c1-15-14(8-10-16(2)11-9-14)12-17-13-6-4-3-5-7-13/h3-7,15H,8-12H2,1-2H3. The maximum Gasteiger partial charge on any atom is 0.0296 e. The Bertz CT molecular complexity index is 331. The van der Waals surface area contributed by atoms with E-state index < -0.39 is 0 Å². The predicted octanol–water partition coefficient (Wildman–Crippen LogP) is 2.46. The van der Waals surface area contributed by atoms with Crippen LogP contribution in [0, 0.1) is 0 Å². The number of piperidine rings is 1. The van der Waals surface area contributed by atoms with Crippen LogP contribution in [0.5, 0.6) is 0 Å². The summed E-state index contributed by atoms with van der Waals surface area (Å²) in [5.74, 6) is 1.17. The van der Waals surface area contributed by atoms with Crippen molar-refractivity contribution in [2.75, 3.05) is 32.9 Å². The molecule has 1 aromatic rings. The number of thioether (sulfide) groups is 1. The van der Waals surface area contributed by atoms with Gasteiger partial charge in [0.1, 0.15) is 0 Å². The van der Waals surface area contributed by atoms with Gasteiger partial charge in [-0.3, -0.25) is 0 Å². The van der Waals surface area contributed by atoms with Gasteiger partial charge in [-0.1, -0.05) is 18.2 Å². The summed E-state index contributed by atoms with van der Waals surface area (Å²) >= 11 is 1.97. The molecule has 1 N–H and O–H groups in total. The number of benzene rings is 1. The first-order chi connectivity index (χ1) is 8.24. The summed E-state index contributed by atoms with van der Waals surface area (Å²) in [7, 11) is 4.32. The highest BCUT2D eigenvalue weighted by Crippen LogP contribution is 2.29. The SMILES string of the molecule is CNC1(CSc2ccccc2)CCN(C)CC1. The van der Waals surface area contributed by atoms with Crippen molar-refractivity contribution in [1.29, 1.82) is 0 Å². The first kappa shape index (κ1) is 12.9. The van der Waals surface area contributed by atoms with Crippen LogP contribution in [0.15, 0.2) is 35.2 Å². The second-order valence-electron chi connectivity index (χ2n) is 4.94. The average molecular weight is 250 g/mol. The van der Waals surface area contributed by atoms with Crippen LogP contribution in [-0.4, -0.2) is 43.4 Å². The topological polar surface area (TPSA) is 15.3 Å². The molecule has 1 fully saturated rings. The van der Waals surface area contributed by atoms with Crippen LogP contribution in [0.25, 0.3) is 0 Å². The Hall–Kier alpha value is -0.510. The Morgan fingerprint density at radius 1 is 1.24 bits per heavy atom. The lowest BCUT2D eigenvalue weighted by atomic mass is 9.90. The van der Waals surface area contributed by atoms with Gasteiger partial charge in [0.05, 0.1) is 0 Å². The third-order valence-electron chi connectivity index (χ3n) is 3.73. The largest absolute Gasteiger partial charge is 0.313 e. The molecule has 0 aromatic heterocycles. The van der Waals surface area contributed by atoms with E-state index >= 15 is 0 Å². The lowest BCUT2D eigenvalue weighted by molar-refractivity contribution is 0.182. The zero-order valence-corrected chi connectivity index (χ0v) is 11.6. The monoisotopic (exact) mass is 250 g/mol. The van der Waals surface area contributed by atoms with E-state index in [-0.39, 0.29) is 0 Å². The second kappa shape index (κ2) is 5.89. The van der Waals surface area contributed by atoms with Crippen LogP contribution in [-0.2, 0) is 0 Å². The molecule has 3 heteroatoms. The maximum atomic E-state index is 3.56. The van der Waals surface area contributed by atoms with Gasteiger partial charge in [0.2, 0.25) is 0 Å². The minimum atomic E-state index is 0.326. The fourth-order valence-corrected chi connectivity index (χ4v) is 3.48. The average Bonchev–Trinajstić information content (AvgIpc) is 2.40. The van der Waals surface area contributed by atoms with Crippen molar-refractivity contribution in [3.63, 3.8) is 0 Å². The summed E-state index contributed by atoms with van der Waals surface area (Å²) in [6.07, 6.45) is 2.50. The summed E-state index contributed by atoms with van der Waals surface area (Å²) in [4.78, 5) is 3.80. The molecule has 0 saturated carbocycles. The lowest BCUT2D eigenvalue weighted by Gasteiger charge is -2.40. The molecule has 0 unspecified atom stereocenters. The highest BCUT2D eigenvalue weighted by molar-refractivity contribution is 7.99. The molecule has 1 aromatic carbocycles. The number of rotatable bonds is 4. The third kappa shape index (κ3) is 3.47. The van der Waals surface area contributed by atoms with Gasteiger partial charge in [-0.15, -0.1) is 11.8 Å². The predicted molar refractivity (Wildman–Crippen MR) is 75.7 cm³/mol. The minimum absolute atomic E-state index is 0.326. The van der Waals surface area contributed by atoms with E-state index in [2.05, 4.69) is 54.6 Å². The van der Waals surface area contributed by atoms with Gasteiger partial charge in [-0.2, -0.15) is 0 Å². The molecule has 1 saturated heterocycles. The molecule has 1 aliphatic rings. The summed E-state index contributed by atoms with van der Waals surface area (Å²) in [5.41, 5.74) is 0.326. The first-order valence-corrected chi connectivity index (χ1v) is 7.28. The van der Waals surface area contributed by atoms with Gasteiger partial charge in [0.15, 0.2) is 0 Å². The van der Waals surface area contributed by atoms with Crippen LogP contribution in [0.3, 0.4) is 0 Å². The molecule has 0 aliphatic carbocycles. The molecule has 1 heterocycles. The number of likely N-dealkylation sites (tertiary alicyclic amines) is 1. The van der Waals surface area contributed by atoms with Crippen molar-refractivity contribution in [3.05, 3.63) is 30.3 Å². The minimum Gasteiger partial charge on any atom is -0.313 e. The zero-order valence-electron chi connectivity index (χ0n) is 10.8. The fourth-order valence-electron chi connectivity index (χ4n) is 2.25. The molecular formula is C14H22N2S. The molecule has 2 nitrogen and oxygen atoms in total. The normalized spacial score (nSPS) is 20.4. The first-order valence-electron chi connectivity index (χ1n) is 6.29. The van der Waals surface area contributed by atoms with Gasteiger partial charge in [0, 0.05) is 16.2 Å². The van der Waals surface area contributed by atoms with E-state index in [0.29, 0.717) is 5.54 Å². The van der Waals surface area contributed by atoms with Gasteiger partial charge in [0.25, 0.3) is 0 Å². The van der Waals surface area contributed by atoms with Crippen molar-refractivity contribution < 1.29 is 0 Å². The van der Waals surface area contributed by atoms with Crippen molar-refractivity contribution in [2.45, 2.75) is 23.3 Å². The van der Waals surface area contributed by atoms with E-state index in [9.17, 15) is 0 Å². The van der Waals surface area contributed by atoms with Gasteiger partial charge < -0.3 is 10.2 Å². The summed E-state index contributed by atoms with van der Waals surface area (Å²) in [5, 5.41) is 3.56. The molecule has 0 bridgehead atoms. The fraction of sp³-hybridized carbons (Fsp3) is 0.571. The molecular weight excluding hydrogens is 228 g/mol. The molecule has 0 spiro atoms. The molecule has 0 atom stereocenters. The second-order valence-corrected chi connectivity index (χ2v) is 5.98. The van der Waals surface area contributed by atoms with E-state index in [4.69, 9.17) is 0 Å². The highest BCUT2D eigenvalue weighted by Gasteiger charge is 2.31. The Morgan fingerprint density at radius 2 is 1.88 bits per heavy atom. The summed E-state index contributed by atoms with van der Waals surface area (Å²) < 4.78 is 0. The van der Waals surface area contributed by atoms with Crippen LogP contribution < -0.4 is 5.32 Å². The van der Waals surface area contributed by atoms with Crippen molar-refractivity contribution >= 4 is 11.8 Å². The Kier molecular flexibility index (Phi) is 4.48. The van der Waals surface area contributed by atoms with Crippen molar-refractivity contribution in [1.82, 2.24) is 10.2 Å². The van der Waals surface area contributed by atoms with Crippen molar-refractivity contribution in [2.24, 2.45) is 0 Å². The number of hydrogen-bond acceptors (Lipinski definition) is 3. The van der Waals surface area contributed by atoms with Crippen LogP contribution >= 0.6 is 11.8 Å². The highest BCUT2D eigenvalue weighted by atomic mass is 32.2.